The molecule has 0 spiro atoms. The predicted octanol–water partition coefficient (Wildman–Crippen LogP) is 3.71. The lowest BCUT2D eigenvalue weighted by atomic mass is 10.1. The molecule has 0 aliphatic rings. The van der Waals surface area contributed by atoms with Crippen molar-refractivity contribution in [2.24, 2.45) is 0 Å². The summed E-state index contributed by atoms with van der Waals surface area (Å²) < 4.78 is 40.3. The number of nitrogens with zero attached hydrogens (tertiary/aromatic N) is 3. The van der Waals surface area contributed by atoms with Crippen molar-refractivity contribution in [1.29, 1.82) is 0 Å². The Balaban J connectivity index is 2.01. The van der Waals surface area contributed by atoms with Crippen LogP contribution in [0.15, 0.2) is 42.2 Å². The standard InChI is InChI=1S/C14H8F3N3OS/c15-14(16,17)12-10(20-7-8-22-13(20)19-12)1-2-11(21)9-3-5-18-6-4-9/h1-8H/b2-1+. The highest BCUT2D eigenvalue weighted by Gasteiger charge is 2.37. The van der Waals surface area contributed by atoms with E-state index in [1.165, 1.54) is 35.1 Å². The summed E-state index contributed by atoms with van der Waals surface area (Å²) in [5.41, 5.74) is -0.810. The van der Waals surface area contributed by atoms with Gasteiger partial charge in [-0.2, -0.15) is 13.2 Å². The number of aromatic nitrogens is 3. The lowest BCUT2D eigenvalue weighted by Crippen LogP contribution is -2.08. The van der Waals surface area contributed by atoms with Gasteiger partial charge in [0, 0.05) is 29.5 Å². The number of fused-ring (bicyclic) bond motifs is 1. The smallest absolute Gasteiger partial charge is 0.290 e. The molecule has 0 bridgehead atoms. The number of carbonyl (C=O) groups excluding carboxylic acids is 1. The molecule has 112 valence electrons. The Kier molecular flexibility index (Phi) is 3.53. The van der Waals surface area contributed by atoms with Crippen molar-refractivity contribution >= 4 is 28.2 Å². The Morgan fingerprint density at radius 2 is 2.00 bits per heavy atom. The zero-order valence-electron chi connectivity index (χ0n) is 10.9. The highest BCUT2D eigenvalue weighted by molar-refractivity contribution is 7.15. The number of imidazole rings is 1. The Labute approximate surface area is 126 Å². The van der Waals surface area contributed by atoms with Crippen LogP contribution in [0.1, 0.15) is 21.7 Å². The van der Waals surface area contributed by atoms with Gasteiger partial charge in [0.2, 0.25) is 0 Å². The van der Waals surface area contributed by atoms with Gasteiger partial charge in [-0.25, -0.2) is 4.98 Å². The molecule has 0 N–H and O–H groups in total. The normalized spacial score (nSPS) is 12.3. The van der Waals surface area contributed by atoms with Crippen LogP contribution in [0.5, 0.6) is 0 Å². The number of hydrogen-bond acceptors (Lipinski definition) is 4. The summed E-state index contributed by atoms with van der Waals surface area (Å²) in [5.74, 6) is -0.402. The van der Waals surface area contributed by atoms with Crippen LogP contribution in [-0.4, -0.2) is 20.2 Å². The second-order valence-electron chi connectivity index (χ2n) is 4.33. The number of alkyl halides is 3. The first-order valence-electron chi connectivity index (χ1n) is 6.12. The molecule has 0 atom stereocenters. The molecular weight excluding hydrogens is 315 g/mol. The molecule has 0 aromatic carbocycles. The van der Waals surface area contributed by atoms with Crippen LogP contribution in [0.2, 0.25) is 0 Å². The molecule has 0 saturated carbocycles. The zero-order chi connectivity index (χ0) is 15.7. The Morgan fingerprint density at radius 1 is 1.27 bits per heavy atom. The summed E-state index contributed by atoms with van der Waals surface area (Å²) in [6.07, 6.45) is 2.03. The average Bonchev–Trinajstić information content (AvgIpc) is 3.06. The van der Waals surface area contributed by atoms with Gasteiger partial charge in [-0.05, 0) is 24.3 Å². The second-order valence-corrected chi connectivity index (χ2v) is 5.21. The van der Waals surface area contributed by atoms with Crippen LogP contribution in [0.25, 0.3) is 11.0 Å². The first-order valence-corrected chi connectivity index (χ1v) is 7.00. The van der Waals surface area contributed by atoms with Crippen molar-refractivity contribution < 1.29 is 18.0 Å². The lowest BCUT2D eigenvalue weighted by molar-refractivity contribution is -0.140. The van der Waals surface area contributed by atoms with E-state index in [9.17, 15) is 18.0 Å². The van der Waals surface area contributed by atoms with Crippen LogP contribution < -0.4 is 0 Å². The van der Waals surface area contributed by atoms with Crippen molar-refractivity contribution in [3.05, 3.63) is 59.1 Å². The molecule has 8 heteroatoms. The van der Waals surface area contributed by atoms with E-state index in [1.807, 2.05) is 0 Å². The summed E-state index contributed by atoms with van der Waals surface area (Å²) in [4.78, 5) is 19.5. The molecule has 22 heavy (non-hydrogen) atoms. The molecule has 3 rings (SSSR count). The number of rotatable bonds is 3. The van der Waals surface area contributed by atoms with E-state index in [4.69, 9.17) is 0 Å². The van der Waals surface area contributed by atoms with Crippen LogP contribution in [0.4, 0.5) is 13.2 Å². The van der Waals surface area contributed by atoms with E-state index in [0.29, 0.717) is 5.56 Å². The molecule has 0 amide bonds. The Morgan fingerprint density at radius 3 is 2.68 bits per heavy atom. The summed E-state index contributed by atoms with van der Waals surface area (Å²) in [5, 5.41) is 1.63. The maximum Gasteiger partial charge on any atom is 0.435 e. The molecule has 0 saturated heterocycles. The molecule has 0 fully saturated rings. The van der Waals surface area contributed by atoms with E-state index in [1.54, 1.807) is 5.38 Å². The fraction of sp³-hybridized carbons (Fsp3) is 0.0714. The summed E-state index contributed by atoms with van der Waals surface area (Å²) in [6.45, 7) is 0. The Bertz CT molecular complexity index is 849. The van der Waals surface area contributed by atoms with Gasteiger partial charge in [0.15, 0.2) is 16.4 Å². The SMILES string of the molecule is O=C(/C=C/c1c(C(F)(F)F)nc2sccn12)c1ccncc1. The van der Waals surface area contributed by atoms with Gasteiger partial charge < -0.3 is 0 Å². The van der Waals surface area contributed by atoms with Crippen molar-refractivity contribution in [1.82, 2.24) is 14.4 Å². The van der Waals surface area contributed by atoms with Crippen LogP contribution in [-0.2, 0) is 6.18 Å². The third-order valence-corrected chi connectivity index (χ3v) is 3.68. The van der Waals surface area contributed by atoms with Crippen LogP contribution in [0.3, 0.4) is 0 Å². The summed E-state index contributed by atoms with van der Waals surface area (Å²) >= 11 is 1.09. The highest BCUT2D eigenvalue weighted by Crippen LogP contribution is 2.33. The maximum atomic E-state index is 13.0. The number of allylic oxidation sites excluding steroid dienone is 1. The van der Waals surface area contributed by atoms with Gasteiger partial charge in [0.25, 0.3) is 0 Å². The molecule has 4 nitrogen and oxygen atoms in total. The van der Waals surface area contributed by atoms with Gasteiger partial charge >= 0.3 is 6.18 Å². The number of thiazole rings is 1. The minimum atomic E-state index is -4.58. The molecule has 3 heterocycles. The molecule has 3 aromatic heterocycles. The molecule has 3 aromatic rings. The monoisotopic (exact) mass is 323 g/mol. The van der Waals surface area contributed by atoms with E-state index in [0.717, 1.165) is 23.5 Å². The number of pyridine rings is 1. The quantitative estimate of drug-likeness (QED) is 0.545. The van der Waals surface area contributed by atoms with Gasteiger partial charge in [0.05, 0.1) is 5.69 Å². The number of halogens is 3. The van der Waals surface area contributed by atoms with Crippen molar-refractivity contribution in [3.8, 4) is 0 Å². The van der Waals surface area contributed by atoms with Gasteiger partial charge in [0.1, 0.15) is 0 Å². The lowest BCUT2D eigenvalue weighted by Gasteiger charge is -2.03. The van der Waals surface area contributed by atoms with Crippen LogP contribution >= 0.6 is 11.3 Å². The van der Waals surface area contributed by atoms with Gasteiger partial charge in [-0.1, -0.05) is 0 Å². The maximum absolute atomic E-state index is 13.0. The highest BCUT2D eigenvalue weighted by atomic mass is 32.1. The number of ketones is 1. The fourth-order valence-corrected chi connectivity index (χ4v) is 2.66. The van der Waals surface area contributed by atoms with E-state index < -0.39 is 17.7 Å². The molecule has 0 radical (unpaired) electrons. The van der Waals surface area contributed by atoms with Crippen molar-refractivity contribution in [3.63, 3.8) is 0 Å². The predicted molar refractivity (Wildman–Crippen MR) is 75.7 cm³/mol. The third-order valence-electron chi connectivity index (χ3n) is 2.92. The minimum absolute atomic E-state index is 0.161. The summed E-state index contributed by atoms with van der Waals surface area (Å²) in [6, 6.07) is 2.99. The fourth-order valence-electron chi connectivity index (χ4n) is 1.94. The zero-order valence-corrected chi connectivity index (χ0v) is 11.7. The summed E-state index contributed by atoms with van der Waals surface area (Å²) in [7, 11) is 0. The number of carbonyl (C=O) groups is 1. The van der Waals surface area contributed by atoms with Gasteiger partial charge in [-0.3, -0.25) is 14.2 Å². The third kappa shape index (κ3) is 2.64. The molecule has 0 aliphatic heterocycles. The number of hydrogen-bond donors (Lipinski definition) is 0. The Hall–Kier alpha value is -2.48. The van der Waals surface area contributed by atoms with E-state index in [-0.39, 0.29) is 10.7 Å². The molecule has 0 aliphatic carbocycles. The average molecular weight is 323 g/mol. The minimum Gasteiger partial charge on any atom is -0.290 e. The first-order chi connectivity index (χ1) is 10.5. The van der Waals surface area contributed by atoms with Crippen molar-refractivity contribution in [2.75, 3.05) is 0 Å². The van der Waals surface area contributed by atoms with E-state index in [2.05, 4.69) is 9.97 Å². The van der Waals surface area contributed by atoms with Crippen molar-refractivity contribution in [2.45, 2.75) is 6.18 Å². The molecular formula is C14H8F3N3OS. The topological polar surface area (TPSA) is 47.3 Å². The second kappa shape index (κ2) is 5.38. The first kappa shape index (κ1) is 14.5. The van der Waals surface area contributed by atoms with E-state index >= 15 is 0 Å². The van der Waals surface area contributed by atoms with Gasteiger partial charge in [-0.15, -0.1) is 11.3 Å². The largest absolute Gasteiger partial charge is 0.435 e. The molecule has 0 unspecified atom stereocenters. The van der Waals surface area contributed by atoms with Crippen LogP contribution in [0, 0.1) is 0 Å².